The van der Waals surface area contributed by atoms with Gasteiger partial charge in [-0.05, 0) is 44.6 Å². The van der Waals surface area contributed by atoms with Crippen molar-refractivity contribution in [2.24, 2.45) is 0 Å². The smallest absolute Gasteiger partial charge is 0.189 e. The molecule has 4 nitrogen and oxygen atoms in total. The Bertz CT molecular complexity index is 901. The van der Waals surface area contributed by atoms with E-state index in [0.29, 0.717) is 21.9 Å². The summed E-state index contributed by atoms with van der Waals surface area (Å²) >= 11 is 6.18. The number of ketones is 1. The molecule has 0 amide bonds. The van der Waals surface area contributed by atoms with Crippen molar-refractivity contribution in [1.82, 2.24) is 9.97 Å². The lowest BCUT2D eigenvalue weighted by atomic mass is 9.98. The SMILES string of the molecule is Cc1nc(C)c(/C=C2\COC/C(=C\c3ccccc3Cl)C2=O)nc1C. The second-order valence-corrected chi connectivity index (χ2v) is 6.45. The lowest BCUT2D eigenvalue weighted by molar-refractivity contribution is -0.114. The Morgan fingerprint density at radius 3 is 2.32 bits per heavy atom. The van der Waals surface area contributed by atoms with Crippen molar-refractivity contribution in [2.75, 3.05) is 13.2 Å². The minimum atomic E-state index is -0.0365. The van der Waals surface area contributed by atoms with Crippen LogP contribution in [0.5, 0.6) is 0 Å². The van der Waals surface area contributed by atoms with Crippen LogP contribution in [0, 0.1) is 20.8 Å². The van der Waals surface area contributed by atoms with E-state index in [-0.39, 0.29) is 19.0 Å². The molecule has 0 radical (unpaired) electrons. The van der Waals surface area contributed by atoms with Gasteiger partial charge in [-0.1, -0.05) is 29.8 Å². The molecule has 1 aliphatic rings. The number of hydrogen-bond donors (Lipinski definition) is 0. The average Bonchev–Trinajstić information content (AvgIpc) is 2.58. The van der Waals surface area contributed by atoms with Crippen LogP contribution < -0.4 is 0 Å². The summed E-state index contributed by atoms with van der Waals surface area (Å²) in [6, 6.07) is 7.42. The number of aromatic nitrogens is 2. The van der Waals surface area contributed by atoms with Gasteiger partial charge in [0.25, 0.3) is 0 Å². The molecule has 1 aromatic carbocycles. The lowest BCUT2D eigenvalue weighted by Crippen LogP contribution is -2.22. The third-order valence-electron chi connectivity index (χ3n) is 4.16. The summed E-state index contributed by atoms with van der Waals surface area (Å²) in [5.41, 5.74) is 5.21. The number of Topliss-reactive ketones (excluding diaryl/α,β-unsaturated/α-hetero) is 1. The van der Waals surface area contributed by atoms with E-state index in [0.717, 1.165) is 22.6 Å². The van der Waals surface area contributed by atoms with Gasteiger partial charge >= 0.3 is 0 Å². The van der Waals surface area contributed by atoms with E-state index < -0.39 is 0 Å². The van der Waals surface area contributed by atoms with Crippen LogP contribution in [0.1, 0.15) is 28.3 Å². The van der Waals surface area contributed by atoms with Gasteiger partial charge in [-0.25, -0.2) is 4.98 Å². The number of halogens is 1. The molecule has 0 atom stereocenters. The second kappa shape index (κ2) is 7.30. The maximum Gasteiger partial charge on any atom is 0.189 e. The molecule has 0 saturated carbocycles. The summed E-state index contributed by atoms with van der Waals surface area (Å²) in [4.78, 5) is 21.8. The van der Waals surface area contributed by atoms with Gasteiger partial charge in [-0.15, -0.1) is 0 Å². The van der Waals surface area contributed by atoms with Crippen molar-refractivity contribution in [3.8, 4) is 0 Å². The van der Waals surface area contributed by atoms with Crippen molar-refractivity contribution in [3.05, 3.63) is 68.8 Å². The highest BCUT2D eigenvalue weighted by Crippen LogP contribution is 2.23. The predicted octanol–water partition coefficient (Wildman–Crippen LogP) is 4.12. The Labute approximate surface area is 152 Å². The maximum absolute atomic E-state index is 12.8. The Morgan fingerprint density at radius 1 is 0.960 bits per heavy atom. The molecule has 0 bridgehead atoms. The first-order chi connectivity index (χ1) is 12.0. The van der Waals surface area contributed by atoms with Crippen LogP contribution in [0.25, 0.3) is 12.2 Å². The van der Waals surface area contributed by atoms with Crippen LogP contribution in [-0.2, 0) is 9.53 Å². The van der Waals surface area contributed by atoms with Crippen LogP contribution in [0.4, 0.5) is 0 Å². The molecule has 1 saturated heterocycles. The molecule has 0 unspecified atom stereocenters. The molecule has 1 aromatic heterocycles. The normalized spacial score (nSPS) is 18.2. The van der Waals surface area contributed by atoms with Crippen molar-refractivity contribution in [3.63, 3.8) is 0 Å². The highest BCUT2D eigenvalue weighted by molar-refractivity contribution is 6.32. The van der Waals surface area contributed by atoms with Gasteiger partial charge in [0, 0.05) is 16.2 Å². The van der Waals surface area contributed by atoms with Gasteiger partial charge in [-0.2, -0.15) is 0 Å². The van der Waals surface area contributed by atoms with Gasteiger partial charge in [0.05, 0.1) is 36.0 Å². The zero-order valence-corrected chi connectivity index (χ0v) is 15.2. The van der Waals surface area contributed by atoms with Gasteiger partial charge in [0.15, 0.2) is 5.78 Å². The maximum atomic E-state index is 12.8. The molecular formula is C20H19ClN2O2. The monoisotopic (exact) mass is 354 g/mol. The molecule has 0 N–H and O–H groups in total. The Morgan fingerprint density at radius 2 is 1.60 bits per heavy atom. The van der Waals surface area contributed by atoms with Crippen molar-refractivity contribution < 1.29 is 9.53 Å². The standard InChI is InChI=1S/C20H19ClN2O2/c1-12-13(2)23-19(14(3)22-12)9-17-11-25-10-16(20(17)24)8-15-6-4-5-7-18(15)21/h4-9H,10-11H2,1-3H3/b16-8+,17-9+. The zero-order chi connectivity index (χ0) is 18.0. The molecule has 1 aliphatic heterocycles. The Hall–Kier alpha value is -2.30. The lowest BCUT2D eigenvalue weighted by Gasteiger charge is -2.18. The third-order valence-corrected chi connectivity index (χ3v) is 4.51. The molecule has 1 fully saturated rings. The molecule has 0 spiro atoms. The summed E-state index contributed by atoms with van der Waals surface area (Å²) < 4.78 is 5.59. The van der Waals surface area contributed by atoms with Crippen molar-refractivity contribution in [1.29, 1.82) is 0 Å². The molecule has 2 aromatic rings. The van der Waals surface area contributed by atoms with E-state index in [4.69, 9.17) is 16.3 Å². The molecule has 3 rings (SSSR count). The fourth-order valence-electron chi connectivity index (χ4n) is 2.64. The minimum absolute atomic E-state index is 0.0365. The first kappa shape index (κ1) is 17.5. The zero-order valence-electron chi connectivity index (χ0n) is 14.5. The van der Waals surface area contributed by atoms with E-state index in [2.05, 4.69) is 9.97 Å². The number of benzene rings is 1. The van der Waals surface area contributed by atoms with Crippen molar-refractivity contribution in [2.45, 2.75) is 20.8 Å². The molecule has 5 heteroatoms. The second-order valence-electron chi connectivity index (χ2n) is 6.05. The fraction of sp³-hybridized carbons (Fsp3) is 0.250. The van der Waals surface area contributed by atoms with E-state index in [1.54, 1.807) is 18.2 Å². The van der Waals surface area contributed by atoms with Crippen LogP contribution >= 0.6 is 11.6 Å². The molecule has 128 valence electrons. The van der Waals surface area contributed by atoms with Crippen LogP contribution in [0.15, 0.2) is 35.4 Å². The molecule has 0 aliphatic carbocycles. The number of aryl methyl sites for hydroxylation is 3. The van der Waals surface area contributed by atoms with E-state index >= 15 is 0 Å². The number of hydrogen-bond acceptors (Lipinski definition) is 4. The Kier molecular flexibility index (Phi) is 5.11. The number of rotatable bonds is 2. The number of carbonyl (C=O) groups excluding carboxylic acids is 1. The van der Waals surface area contributed by atoms with Gasteiger partial charge in [-0.3, -0.25) is 9.78 Å². The predicted molar refractivity (Wildman–Crippen MR) is 99.5 cm³/mol. The summed E-state index contributed by atoms with van der Waals surface area (Å²) in [5, 5.41) is 0.606. The number of nitrogens with zero attached hydrogens (tertiary/aromatic N) is 2. The largest absolute Gasteiger partial charge is 0.372 e. The van der Waals surface area contributed by atoms with Gasteiger partial charge < -0.3 is 4.74 Å². The number of ether oxygens (including phenoxy) is 1. The number of carbonyl (C=O) groups is 1. The molecule has 25 heavy (non-hydrogen) atoms. The van der Waals surface area contributed by atoms with Crippen molar-refractivity contribution >= 4 is 29.5 Å². The fourth-order valence-corrected chi connectivity index (χ4v) is 2.83. The topological polar surface area (TPSA) is 52.1 Å². The van der Waals surface area contributed by atoms with Crippen LogP contribution in [-0.4, -0.2) is 29.0 Å². The van der Waals surface area contributed by atoms with Gasteiger partial charge in [0.1, 0.15) is 0 Å². The van der Waals surface area contributed by atoms with E-state index in [1.165, 1.54) is 0 Å². The molecular weight excluding hydrogens is 336 g/mol. The first-order valence-electron chi connectivity index (χ1n) is 8.05. The van der Waals surface area contributed by atoms with Crippen LogP contribution in [0.3, 0.4) is 0 Å². The highest BCUT2D eigenvalue weighted by atomic mass is 35.5. The first-order valence-corrected chi connectivity index (χ1v) is 8.43. The summed E-state index contributed by atoms with van der Waals surface area (Å²) in [6.07, 6.45) is 3.56. The third kappa shape index (κ3) is 3.86. The minimum Gasteiger partial charge on any atom is -0.372 e. The van der Waals surface area contributed by atoms with E-state index in [9.17, 15) is 4.79 Å². The van der Waals surface area contributed by atoms with Gasteiger partial charge in [0.2, 0.25) is 0 Å². The summed E-state index contributed by atoms with van der Waals surface area (Å²) in [5.74, 6) is -0.0365. The Balaban J connectivity index is 1.95. The highest BCUT2D eigenvalue weighted by Gasteiger charge is 2.22. The quantitative estimate of drug-likeness (QED) is 0.761. The molecule has 2 heterocycles. The van der Waals surface area contributed by atoms with E-state index in [1.807, 2.05) is 39.0 Å². The summed E-state index contributed by atoms with van der Waals surface area (Å²) in [7, 11) is 0. The average molecular weight is 355 g/mol. The van der Waals surface area contributed by atoms with Crippen LogP contribution in [0.2, 0.25) is 5.02 Å². The summed E-state index contributed by atoms with van der Waals surface area (Å²) in [6.45, 7) is 6.27.